The molecule has 2 rings (SSSR count). The van der Waals surface area contributed by atoms with E-state index >= 15 is 0 Å². The number of nitrogens with one attached hydrogen (secondary N) is 1. The van der Waals surface area contributed by atoms with Gasteiger partial charge in [-0.05, 0) is 45.6 Å². The molecular formula is C14H25N3O. The van der Waals surface area contributed by atoms with E-state index in [1.165, 1.54) is 30.7 Å². The maximum Gasteiger partial charge on any atom is 0.106 e. The number of aliphatic hydroxyl groups is 1. The van der Waals surface area contributed by atoms with Crippen LogP contribution in [0.2, 0.25) is 0 Å². The first-order valence-electron chi connectivity index (χ1n) is 7.15. The Morgan fingerprint density at radius 2 is 2.17 bits per heavy atom. The Hall–Kier alpha value is -0.870. The Labute approximate surface area is 109 Å². The van der Waals surface area contributed by atoms with Crippen LogP contribution in [0, 0.1) is 6.92 Å². The summed E-state index contributed by atoms with van der Waals surface area (Å²) in [5.74, 6) is 1.13. The van der Waals surface area contributed by atoms with Crippen LogP contribution in [0.5, 0.6) is 0 Å². The summed E-state index contributed by atoms with van der Waals surface area (Å²) in [4.78, 5) is 4.68. The van der Waals surface area contributed by atoms with Gasteiger partial charge in [-0.1, -0.05) is 6.92 Å². The van der Waals surface area contributed by atoms with Crippen molar-refractivity contribution in [2.24, 2.45) is 0 Å². The molecule has 0 bridgehead atoms. The average Bonchev–Trinajstić information content (AvgIpc) is 2.70. The van der Waals surface area contributed by atoms with Gasteiger partial charge in [0.2, 0.25) is 0 Å². The van der Waals surface area contributed by atoms with Gasteiger partial charge in [-0.2, -0.15) is 0 Å². The molecule has 0 saturated heterocycles. The van der Waals surface area contributed by atoms with Crippen molar-refractivity contribution < 1.29 is 5.11 Å². The largest absolute Gasteiger partial charge is 0.395 e. The number of aromatic nitrogens is 2. The molecule has 1 aliphatic carbocycles. The van der Waals surface area contributed by atoms with Crippen LogP contribution in [0.4, 0.5) is 0 Å². The fourth-order valence-electron chi connectivity index (χ4n) is 2.86. The number of rotatable bonds is 6. The van der Waals surface area contributed by atoms with Gasteiger partial charge in [0, 0.05) is 18.3 Å². The van der Waals surface area contributed by atoms with Gasteiger partial charge < -0.3 is 15.0 Å². The van der Waals surface area contributed by atoms with Gasteiger partial charge >= 0.3 is 0 Å². The summed E-state index contributed by atoms with van der Waals surface area (Å²) in [6.07, 6.45) is 5.84. The highest BCUT2D eigenvalue weighted by atomic mass is 16.3. The monoisotopic (exact) mass is 251 g/mol. The molecule has 18 heavy (non-hydrogen) atoms. The molecular weight excluding hydrogens is 226 g/mol. The number of aryl methyl sites for hydroxylation is 2. The Balaban J connectivity index is 2.02. The van der Waals surface area contributed by atoms with E-state index in [-0.39, 0.29) is 12.6 Å². The SMILES string of the molecule is CCNC(CO)CCn1c(C)nc2c1CCCC2. The Kier molecular flexibility index (Phi) is 4.78. The lowest BCUT2D eigenvalue weighted by Crippen LogP contribution is -2.33. The summed E-state index contributed by atoms with van der Waals surface area (Å²) in [6.45, 7) is 6.26. The molecule has 1 aromatic rings. The zero-order chi connectivity index (χ0) is 13.0. The third-order valence-electron chi connectivity index (χ3n) is 3.84. The molecule has 1 unspecified atom stereocenters. The van der Waals surface area contributed by atoms with E-state index in [2.05, 4.69) is 28.7 Å². The molecule has 4 heteroatoms. The first kappa shape index (κ1) is 13.6. The van der Waals surface area contributed by atoms with Gasteiger partial charge in [-0.3, -0.25) is 0 Å². The molecule has 1 atom stereocenters. The highest BCUT2D eigenvalue weighted by Gasteiger charge is 2.18. The zero-order valence-corrected chi connectivity index (χ0v) is 11.6. The highest BCUT2D eigenvalue weighted by molar-refractivity contribution is 5.19. The minimum atomic E-state index is 0.205. The lowest BCUT2D eigenvalue weighted by molar-refractivity contribution is 0.232. The van der Waals surface area contributed by atoms with Crippen LogP contribution in [-0.4, -0.2) is 33.9 Å². The molecule has 2 N–H and O–H groups in total. The third kappa shape index (κ3) is 2.93. The molecule has 0 fully saturated rings. The number of aliphatic hydroxyl groups excluding tert-OH is 1. The van der Waals surface area contributed by atoms with Crippen LogP contribution in [0.25, 0.3) is 0 Å². The van der Waals surface area contributed by atoms with E-state index < -0.39 is 0 Å². The Morgan fingerprint density at radius 3 is 2.89 bits per heavy atom. The Bertz CT molecular complexity index is 387. The van der Waals surface area contributed by atoms with Gasteiger partial charge in [-0.15, -0.1) is 0 Å². The van der Waals surface area contributed by atoms with Gasteiger partial charge in [0.1, 0.15) is 5.82 Å². The Morgan fingerprint density at radius 1 is 1.39 bits per heavy atom. The van der Waals surface area contributed by atoms with Crippen molar-refractivity contribution in [2.75, 3.05) is 13.2 Å². The minimum absolute atomic E-state index is 0.205. The molecule has 0 saturated carbocycles. The smallest absolute Gasteiger partial charge is 0.106 e. The predicted octanol–water partition coefficient (Wildman–Crippen LogP) is 1.43. The van der Waals surface area contributed by atoms with Gasteiger partial charge in [0.25, 0.3) is 0 Å². The topological polar surface area (TPSA) is 50.1 Å². The van der Waals surface area contributed by atoms with E-state index in [0.717, 1.165) is 31.8 Å². The molecule has 0 radical (unpaired) electrons. The zero-order valence-electron chi connectivity index (χ0n) is 11.6. The summed E-state index contributed by atoms with van der Waals surface area (Å²) < 4.78 is 2.36. The molecule has 0 amide bonds. The molecule has 0 aliphatic heterocycles. The summed E-state index contributed by atoms with van der Waals surface area (Å²) in [6, 6.07) is 0.205. The van der Waals surface area contributed by atoms with E-state index in [4.69, 9.17) is 0 Å². The summed E-state index contributed by atoms with van der Waals surface area (Å²) in [5, 5.41) is 12.6. The maximum atomic E-state index is 9.31. The standard InChI is InChI=1S/C14H25N3O/c1-3-15-12(10-18)8-9-17-11(2)16-13-6-4-5-7-14(13)17/h12,15,18H,3-10H2,1-2H3. The maximum absolute atomic E-state index is 9.31. The predicted molar refractivity (Wildman–Crippen MR) is 72.8 cm³/mol. The molecule has 0 spiro atoms. The fourth-order valence-corrected chi connectivity index (χ4v) is 2.86. The number of hydrogen-bond acceptors (Lipinski definition) is 3. The average molecular weight is 251 g/mol. The van der Waals surface area contributed by atoms with Crippen molar-refractivity contribution in [1.82, 2.24) is 14.9 Å². The number of nitrogens with zero attached hydrogens (tertiary/aromatic N) is 2. The van der Waals surface area contributed by atoms with Crippen molar-refractivity contribution in [1.29, 1.82) is 0 Å². The molecule has 1 heterocycles. The van der Waals surface area contributed by atoms with E-state index in [9.17, 15) is 5.11 Å². The number of fused-ring (bicyclic) bond motifs is 1. The van der Waals surface area contributed by atoms with Crippen LogP contribution in [0.1, 0.15) is 43.4 Å². The van der Waals surface area contributed by atoms with Crippen LogP contribution in [-0.2, 0) is 19.4 Å². The van der Waals surface area contributed by atoms with Gasteiger partial charge in [0.15, 0.2) is 0 Å². The van der Waals surface area contributed by atoms with Crippen LogP contribution >= 0.6 is 0 Å². The minimum Gasteiger partial charge on any atom is -0.395 e. The van der Waals surface area contributed by atoms with Crippen LogP contribution in [0.3, 0.4) is 0 Å². The first-order chi connectivity index (χ1) is 8.76. The van der Waals surface area contributed by atoms with Gasteiger partial charge in [-0.25, -0.2) is 4.98 Å². The normalized spacial score (nSPS) is 16.6. The van der Waals surface area contributed by atoms with Crippen molar-refractivity contribution >= 4 is 0 Å². The van der Waals surface area contributed by atoms with Crippen molar-refractivity contribution in [2.45, 2.75) is 58.5 Å². The fraction of sp³-hybridized carbons (Fsp3) is 0.786. The third-order valence-corrected chi connectivity index (χ3v) is 3.84. The van der Waals surface area contributed by atoms with Crippen LogP contribution in [0.15, 0.2) is 0 Å². The number of hydrogen-bond donors (Lipinski definition) is 2. The van der Waals surface area contributed by atoms with E-state index in [1.807, 2.05) is 0 Å². The lowest BCUT2D eigenvalue weighted by Gasteiger charge is -2.18. The first-order valence-corrected chi connectivity index (χ1v) is 7.15. The van der Waals surface area contributed by atoms with Crippen LogP contribution < -0.4 is 5.32 Å². The van der Waals surface area contributed by atoms with Crippen molar-refractivity contribution in [3.8, 4) is 0 Å². The second kappa shape index (κ2) is 6.34. The second-order valence-electron chi connectivity index (χ2n) is 5.14. The molecule has 1 aliphatic rings. The van der Waals surface area contributed by atoms with Crippen molar-refractivity contribution in [3.05, 3.63) is 17.2 Å². The van der Waals surface area contributed by atoms with Gasteiger partial charge in [0.05, 0.1) is 12.3 Å². The van der Waals surface area contributed by atoms with E-state index in [1.54, 1.807) is 0 Å². The molecule has 4 nitrogen and oxygen atoms in total. The number of likely N-dealkylation sites (N-methyl/N-ethyl adjacent to an activating group) is 1. The quantitative estimate of drug-likeness (QED) is 0.804. The number of imidazole rings is 1. The summed E-state index contributed by atoms with van der Waals surface area (Å²) in [7, 11) is 0. The highest BCUT2D eigenvalue weighted by Crippen LogP contribution is 2.22. The molecule has 0 aromatic carbocycles. The molecule has 102 valence electrons. The van der Waals surface area contributed by atoms with Crippen molar-refractivity contribution in [3.63, 3.8) is 0 Å². The lowest BCUT2D eigenvalue weighted by atomic mass is 10.0. The molecule has 1 aromatic heterocycles. The second-order valence-corrected chi connectivity index (χ2v) is 5.14. The summed E-state index contributed by atoms with van der Waals surface area (Å²) in [5.41, 5.74) is 2.75. The van der Waals surface area contributed by atoms with E-state index in [0.29, 0.717) is 0 Å². The summed E-state index contributed by atoms with van der Waals surface area (Å²) >= 11 is 0.